The average Bonchev–Trinajstić information content (AvgIpc) is 1.41. The minimum Gasteiger partial charge on any atom is -0.481 e. The lowest BCUT2D eigenvalue weighted by Crippen LogP contribution is -1.78. The molecule has 0 bridgehead atoms. The molecule has 0 radical (unpaired) electrons. The highest BCUT2D eigenvalue weighted by atomic mass is 16.4. The third-order valence-corrected chi connectivity index (χ3v) is 0. The van der Waals surface area contributed by atoms with Crippen molar-refractivity contribution in [3.63, 3.8) is 0 Å². The van der Waals surface area contributed by atoms with Crippen molar-refractivity contribution in [1.82, 2.24) is 0 Å². The Bertz CT molecular complexity index is 36.8. The summed E-state index contributed by atoms with van der Waals surface area (Å²) in [6.45, 7) is 7.08. The van der Waals surface area contributed by atoms with Crippen molar-refractivity contribution in [3.8, 4) is 0 Å². The fraction of sp³-hybridized carbons (Fsp3) is 0.250. The van der Waals surface area contributed by atoms with E-state index >= 15 is 0 Å². The molecule has 0 saturated heterocycles. The van der Waals surface area contributed by atoms with Gasteiger partial charge in [-0.3, -0.25) is 4.79 Å². The van der Waals surface area contributed by atoms with Gasteiger partial charge in [0, 0.05) is 6.92 Å². The third-order valence-electron chi connectivity index (χ3n) is 0. The lowest BCUT2D eigenvalue weighted by Gasteiger charge is -1.59. The summed E-state index contributed by atoms with van der Waals surface area (Å²) in [5, 5.41) is 7.42. The number of carboxylic acids is 1. The van der Waals surface area contributed by atoms with E-state index in [2.05, 4.69) is 13.2 Å². The molecular weight excluding hydrogens is 80.0 g/mol. The monoisotopic (exact) mass is 88.1 g/mol. The van der Waals surface area contributed by atoms with Crippen molar-refractivity contribution >= 4 is 5.97 Å². The number of hydrogen-bond donors (Lipinski definition) is 1. The molecule has 0 atom stereocenters. The molecule has 0 aliphatic rings. The van der Waals surface area contributed by atoms with Gasteiger partial charge in [-0.1, -0.05) is 0 Å². The lowest BCUT2D eigenvalue weighted by molar-refractivity contribution is -0.134. The van der Waals surface area contributed by atoms with E-state index in [1.54, 1.807) is 0 Å². The van der Waals surface area contributed by atoms with Gasteiger partial charge in [0.15, 0.2) is 0 Å². The van der Waals surface area contributed by atoms with Crippen LogP contribution in [-0.2, 0) is 4.79 Å². The van der Waals surface area contributed by atoms with Gasteiger partial charge in [-0.2, -0.15) is 0 Å². The van der Waals surface area contributed by atoms with Crippen molar-refractivity contribution in [2.75, 3.05) is 0 Å². The fourth-order valence-electron chi connectivity index (χ4n) is 0. The molecule has 0 heterocycles. The van der Waals surface area contributed by atoms with Crippen LogP contribution in [0.5, 0.6) is 0 Å². The molecule has 0 fully saturated rings. The van der Waals surface area contributed by atoms with Gasteiger partial charge in [0.2, 0.25) is 0 Å². The van der Waals surface area contributed by atoms with Crippen LogP contribution in [0.4, 0.5) is 0 Å². The van der Waals surface area contributed by atoms with E-state index in [1.807, 2.05) is 0 Å². The summed E-state index contributed by atoms with van der Waals surface area (Å²) in [6, 6.07) is 0. The minimum atomic E-state index is -0.833. The van der Waals surface area contributed by atoms with E-state index in [-0.39, 0.29) is 0 Å². The molecule has 36 valence electrons. The average molecular weight is 88.1 g/mol. The van der Waals surface area contributed by atoms with Crippen molar-refractivity contribution in [1.29, 1.82) is 0 Å². The van der Waals surface area contributed by atoms with Crippen molar-refractivity contribution in [3.05, 3.63) is 13.2 Å². The number of hydrogen-bond acceptors (Lipinski definition) is 1. The summed E-state index contributed by atoms with van der Waals surface area (Å²) in [6.07, 6.45) is 0. The summed E-state index contributed by atoms with van der Waals surface area (Å²) in [5.74, 6) is -0.833. The Labute approximate surface area is 37.1 Å². The quantitative estimate of drug-likeness (QED) is 0.446. The second-order valence-corrected chi connectivity index (χ2v) is 0.519. The summed E-state index contributed by atoms with van der Waals surface area (Å²) in [5.41, 5.74) is 0. The first kappa shape index (κ1) is 8.96. The summed E-state index contributed by atoms with van der Waals surface area (Å²) in [7, 11) is 0. The normalized spacial score (nSPS) is 4.83. The molecular formula is C4H8O2. The van der Waals surface area contributed by atoms with Crippen molar-refractivity contribution < 1.29 is 9.90 Å². The predicted octanol–water partition coefficient (Wildman–Crippen LogP) is 0.893. The second kappa shape index (κ2) is 8.88. The number of aliphatic carboxylic acids is 1. The fourth-order valence-corrected chi connectivity index (χ4v) is 0. The van der Waals surface area contributed by atoms with Gasteiger partial charge < -0.3 is 5.11 Å². The maximum absolute atomic E-state index is 9.00. The van der Waals surface area contributed by atoms with E-state index in [0.717, 1.165) is 6.92 Å². The van der Waals surface area contributed by atoms with E-state index in [4.69, 9.17) is 9.90 Å². The Morgan fingerprint density at radius 3 is 1.67 bits per heavy atom. The SMILES string of the molecule is C=C.CC(=O)O. The molecule has 0 saturated carbocycles. The molecule has 2 nitrogen and oxygen atoms in total. The molecule has 0 unspecified atom stereocenters. The molecule has 0 aromatic rings. The maximum atomic E-state index is 9.00. The smallest absolute Gasteiger partial charge is 0.300 e. The van der Waals surface area contributed by atoms with Crippen LogP contribution in [0.2, 0.25) is 0 Å². The molecule has 2 heteroatoms. The predicted molar refractivity (Wildman–Crippen MR) is 24.6 cm³/mol. The summed E-state index contributed by atoms with van der Waals surface area (Å²) in [4.78, 5) is 9.00. The topological polar surface area (TPSA) is 37.3 Å². The van der Waals surface area contributed by atoms with Gasteiger partial charge in [0.05, 0.1) is 0 Å². The molecule has 0 aromatic carbocycles. The summed E-state index contributed by atoms with van der Waals surface area (Å²) >= 11 is 0. The molecule has 0 rings (SSSR count). The zero-order valence-electron chi connectivity index (χ0n) is 3.77. The van der Waals surface area contributed by atoms with E-state index in [9.17, 15) is 0 Å². The highest BCUT2D eigenvalue weighted by Crippen LogP contribution is 1.42. The first-order valence-corrected chi connectivity index (χ1v) is 1.43. The van der Waals surface area contributed by atoms with Gasteiger partial charge in [0.25, 0.3) is 5.97 Å². The van der Waals surface area contributed by atoms with Crippen LogP contribution in [0.1, 0.15) is 6.92 Å². The first-order chi connectivity index (χ1) is 2.73. The van der Waals surface area contributed by atoms with Crippen LogP contribution in [-0.4, -0.2) is 11.1 Å². The third kappa shape index (κ3) is 25.1. The van der Waals surface area contributed by atoms with Crippen LogP contribution >= 0.6 is 0 Å². The van der Waals surface area contributed by atoms with Crippen LogP contribution in [0.15, 0.2) is 13.2 Å². The van der Waals surface area contributed by atoms with Gasteiger partial charge in [-0.25, -0.2) is 0 Å². The number of carboxylic acid groups (broad SMARTS) is 1. The van der Waals surface area contributed by atoms with Crippen LogP contribution in [0, 0.1) is 0 Å². The molecule has 6 heavy (non-hydrogen) atoms. The molecule has 0 aliphatic heterocycles. The molecule has 0 aromatic heterocycles. The van der Waals surface area contributed by atoms with Crippen LogP contribution in [0.3, 0.4) is 0 Å². The molecule has 0 spiro atoms. The number of rotatable bonds is 0. The van der Waals surface area contributed by atoms with Crippen LogP contribution < -0.4 is 0 Å². The van der Waals surface area contributed by atoms with E-state index in [1.165, 1.54) is 0 Å². The Kier molecular flexibility index (Phi) is 13.3. The van der Waals surface area contributed by atoms with Crippen molar-refractivity contribution in [2.45, 2.75) is 6.92 Å². The van der Waals surface area contributed by atoms with Crippen molar-refractivity contribution in [2.24, 2.45) is 0 Å². The highest BCUT2D eigenvalue weighted by Gasteiger charge is 1.65. The van der Waals surface area contributed by atoms with E-state index < -0.39 is 5.97 Å². The molecule has 0 aliphatic carbocycles. The Balaban J connectivity index is 0. The van der Waals surface area contributed by atoms with E-state index in [0.29, 0.717) is 0 Å². The highest BCUT2D eigenvalue weighted by molar-refractivity contribution is 5.62. The Morgan fingerprint density at radius 2 is 1.67 bits per heavy atom. The van der Waals surface area contributed by atoms with Crippen LogP contribution in [0.25, 0.3) is 0 Å². The maximum Gasteiger partial charge on any atom is 0.300 e. The molecule has 0 amide bonds. The van der Waals surface area contributed by atoms with Gasteiger partial charge in [-0.15, -0.1) is 13.2 Å². The minimum absolute atomic E-state index is 0.833. The Hall–Kier alpha value is -0.790. The lowest BCUT2D eigenvalue weighted by atomic mass is 10.9. The van der Waals surface area contributed by atoms with Gasteiger partial charge in [0.1, 0.15) is 0 Å². The largest absolute Gasteiger partial charge is 0.481 e. The standard InChI is InChI=1S/C2H4O2.C2H4/c1-2(3)4;1-2/h1H3,(H,3,4);1-2H2. The van der Waals surface area contributed by atoms with Gasteiger partial charge >= 0.3 is 0 Å². The number of carbonyl (C=O) groups is 1. The first-order valence-electron chi connectivity index (χ1n) is 1.43. The summed E-state index contributed by atoms with van der Waals surface area (Å²) < 4.78 is 0. The zero-order chi connectivity index (χ0) is 5.58. The zero-order valence-corrected chi connectivity index (χ0v) is 3.77. The van der Waals surface area contributed by atoms with Gasteiger partial charge in [-0.05, 0) is 0 Å². The second-order valence-electron chi connectivity index (χ2n) is 0.519. The Morgan fingerprint density at radius 1 is 1.67 bits per heavy atom. The molecule has 1 N–H and O–H groups in total.